The maximum atomic E-state index is 13.0. The molecule has 1 fully saturated rings. The molecule has 32 heavy (non-hydrogen) atoms. The lowest BCUT2D eigenvalue weighted by Crippen LogP contribution is -2.42. The molecule has 166 valence electrons. The molecule has 0 saturated carbocycles. The maximum Gasteiger partial charge on any atom is 0.289 e. The molecule has 0 aliphatic carbocycles. The highest BCUT2D eigenvalue weighted by atomic mass is 32.1. The molecule has 1 aliphatic heterocycles. The zero-order valence-electron chi connectivity index (χ0n) is 17.0. The van der Waals surface area contributed by atoms with Crippen LogP contribution < -0.4 is 20.5 Å². The molecule has 0 bridgehead atoms. The maximum absolute atomic E-state index is 13.0. The highest BCUT2D eigenvalue weighted by Crippen LogP contribution is 2.22. The van der Waals surface area contributed by atoms with E-state index in [0.717, 1.165) is 23.8 Å². The monoisotopic (exact) mass is 456 g/mol. The zero-order valence-corrected chi connectivity index (χ0v) is 17.9. The number of halogens is 1. The Morgan fingerprint density at radius 1 is 1.06 bits per heavy atom. The van der Waals surface area contributed by atoms with Gasteiger partial charge in [-0.25, -0.2) is 9.37 Å². The summed E-state index contributed by atoms with van der Waals surface area (Å²) in [4.78, 5) is 31.4. The number of carbonyl (C=O) groups excluding carboxylic acids is 2. The van der Waals surface area contributed by atoms with Crippen LogP contribution in [0.2, 0.25) is 0 Å². The van der Waals surface area contributed by atoms with Crippen LogP contribution in [0.25, 0.3) is 0 Å². The Labute approximate surface area is 187 Å². The van der Waals surface area contributed by atoms with Crippen molar-refractivity contribution in [2.45, 2.75) is 6.61 Å². The van der Waals surface area contributed by atoms with E-state index in [1.165, 1.54) is 23.5 Å². The summed E-state index contributed by atoms with van der Waals surface area (Å²) in [6.45, 7) is 2.86. The lowest BCUT2D eigenvalue weighted by Gasteiger charge is -2.25. The van der Waals surface area contributed by atoms with Gasteiger partial charge >= 0.3 is 0 Å². The van der Waals surface area contributed by atoms with Crippen LogP contribution in [0.1, 0.15) is 26.4 Å². The summed E-state index contributed by atoms with van der Waals surface area (Å²) < 4.78 is 24.1. The van der Waals surface area contributed by atoms with E-state index in [-0.39, 0.29) is 23.7 Å². The average Bonchev–Trinajstić information content (AvgIpc) is 3.33. The van der Waals surface area contributed by atoms with Gasteiger partial charge in [0.1, 0.15) is 23.9 Å². The number of nitrogens with one attached hydrogen (secondary N) is 2. The molecule has 3 aromatic rings. The quantitative estimate of drug-likeness (QED) is 0.554. The first kappa shape index (κ1) is 21.7. The second-order valence-electron chi connectivity index (χ2n) is 6.93. The third kappa shape index (κ3) is 5.40. The molecule has 1 aromatic heterocycles. The number of ether oxygens (including phenoxy) is 2. The molecular weight excluding hydrogens is 435 g/mol. The number of para-hydroxylation sites is 1. The van der Waals surface area contributed by atoms with Gasteiger partial charge in [0.25, 0.3) is 11.8 Å². The smallest absolute Gasteiger partial charge is 0.289 e. The van der Waals surface area contributed by atoms with Crippen LogP contribution in [0.5, 0.6) is 5.75 Å². The van der Waals surface area contributed by atoms with Crippen molar-refractivity contribution in [2.75, 3.05) is 31.2 Å². The number of rotatable bonds is 6. The molecule has 4 rings (SSSR count). The van der Waals surface area contributed by atoms with Crippen molar-refractivity contribution in [3.8, 4) is 5.75 Å². The van der Waals surface area contributed by atoms with Crippen LogP contribution in [0.3, 0.4) is 0 Å². The zero-order chi connectivity index (χ0) is 22.3. The Bertz CT molecular complexity index is 1080. The van der Waals surface area contributed by atoms with E-state index < -0.39 is 11.8 Å². The standard InChI is InChI=1S/C22H21FN4O4S/c23-16-7-5-15(6-8-16)13-31-19-4-2-1-3-17(19)20(28)25-26-21(29)18-14-32-22(24-18)27-9-11-30-12-10-27/h1-8,14H,9-13H2,(H,25,28)(H,26,29). The first-order valence-corrected chi connectivity index (χ1v) is 10.8. The topological polar surface area (TPSA) is 92.8 Å². The molecule has 0 atom stereocenters. The molecule has 0 unspecified atom stereocenters. The van der Waals surface area contributed by atoms with Crippen LogP contribution in [0.15, 0.2) is 53.9 Å². The van der Waals surface area contributed by atoms with Crippen molar-refractivity contribution in [2.24, 2.45) is 0 Å². The van der Waals surface area contributed by atoms with Crippen molar-refractivity contribution in [1.82, 2.24) is 15.8 Å². The minimum atomic E-state index is -0.531. The van der Waals surface area contributed by atoms with E-state index in [1.807, 2.05) is 0 Å². The van der Waals surface area contributed by atoms with Gasteiger partial charge in [-0.2, -0.15) is 0 Å². The molecule has 1 aliphatic rings. The number of amides is 2. The molecule has 0 radical (unpaired) electrons. The van der Waals surface area contributed by atoms with E-state index >= 15 is 0 Å². The van der Waals surface area contributed by atoms with Gasteiger partial charge in [-0.1, -0.05) is 24.3 Å². The fourth-order valence-corrected chi connectivity index (χ4v) is 3.89. The summed E-state index contributed by atoms with van der Waals surface area (Å²) in [6.07, 6.45) is 0. The van der Waals surface area contributed by atoms with E-state index in [4.69, 9.17) is 9.47 Å². The minimum absolute atomic E-state index is 0.167. The molecule has 10 heteroatoms. The van der Waals surface area contributed by atoms with Crippen LogP contribution >= 0.6 is 11.3 Å². The van der Waals surface area contributed by atoms with Crippen LogP contribution in [-0.4, -0.2) is 43.1 Å². The summed E-state index contributed by atoms with van der Waals surface area (Å²) in [5, 5.41) is 2.38. The normalized spacial score (nSPS) is 13.5. The summed E-state index contributed by atoms with van der Waals surface area (Å²) >= 11 is 1.37. The minimum Gasteiger partial charge on any atom is -0.488 e. The summed E-state index contributed by atoms with van der Waals surface area (Å²) in [7, 11) is 0. The predicted octanol–water partition coefficient (Wildman–Crippen LogP) is 2.77. The molecule has 8 nitrogen and oxygen atoms in total. The number of morpholine rings is 1. The molecule has 2 N–H and O–H groups in total. The number of carbonyl (C=O) groups is 2. The lowest BCUT2D eigenvalue weighted by molar-refractivity contribution is 0.0841. The summed E-state index contributed by atoms with van der Waals surface area (Å²) in [5.74, 6) is -1.04. The fourth-order valence-electron chi connectivity index (χ4n) is 3.04. The van der Waals surface area contributed by atoms with Gasteiger partial charge in [-0.05, 0) is 29.8 Å². The highest BCUT2D eigenvalue weighted by molar-refractivity contribution is 7.13. The molecule has 2 amide bonds. The molecule has 2 aromatic carbocycles. The largest absolute Gasteiger partial charge is 0.488 e. The van der Waals surface area contributed by atoms with E-state index in [9.17, 15) is 14.0 Å². The number of benzene rings is 2. The second-order valence-corrected chi connectivity index (χ2v) is 7.77. The number of nitrogens with zero attached hydrogens (tertiary/aromatic N) is 2. The van der Waals surface area contributed by atoms with Gasteiger partial charge in [-0.15, -0.1) is 11.3 Å². The Morgan fingerprint density at radius 2 is 1.78 bits per heavy atom. The average molecular weight is 456 g/mol. The van der Waals surface area contributed by atoms with Crippen LogP contribution in [0.4, 0.5) is 9.52 Å². The Hall–Kier alpha value is -3.50. The highest BCUT2D eigenvalue weighted by Gasteiger charge is 2.19. The number of hydrazine groups is 1. The second kappa shape index (κ2) is 10.2. The first-order chi connectivity index (χ1) is 15.6. The van der Waals surface area contributed by atoms with Gasteiger partial charge in [-0.3, -0.25) is 20.4 Å². The number of anilines is 1. The molecule has 1 saturated heterocycles. The lowest BCUT2D eigenvalue weighted by atomic mass is 10.2. The molecule has 0 spiro atoms. The fraction of sp³-hybridized carbons (Fsp3) is 0.227. The number of hydrogen-bond acceptors (Lipinski definition) is 7. The van der Waals surface area contributed by atoms with Crippen molar-refractivity contribution < 1.29 is 23.5 Å². The van der Waals surface area contributed by atoms with Crippen LogP contribution in [0, 0.1) is 5.82 Å². The van der Waals surface area contributed by atoms with Gasteiger partial charge in [0.2, 0.25) is 0 Å². The van der Waals surface area contributed by atoms with Gasteiger partial charge in [0.15, 0.2) is 5.13 Å². The SMILES string of the molecule is O=C(NNC(=O)c1ccccc1OCc1ccc(F)cc1)c1csc(N2CCOCC2)n1. The van der Waals surface area contributed by atoms with Gasteiger partial charge in [0.05, 0.1) is 18.8 Å². The number of thiazole rings is 1. The Morgan fingerprint density at radius 3 is 2.56 bits per heavy atom. The van der Waals surface area contributed by atoms with Gasteiger partial charge in [0, 0.05) is 18.5 Å². The van der Waals surface area contributed by atoms with Crippen molar-refractivity contribution in [3.63, 3.8) is 0 Å². The molecule has 2 heterocycles. The predicted molar refractivity (Wildman–Crippen MR) is 117 cm³/mol. The van der Waals surface area contributed by atoms with E-state index in [2.05, 4.69) is 20.7 Å². The van der Waals surface area contributed by atoms with Crippen molar-refractivity contribution >= 4 is 28.3 Å². The van der Waals surface area contributed by atoms with Crippen LogP contribution in [-0.2, 0) is 11.3 Å². The Balaban J connectivity index is 1.34. The molecular formula is C22H21FN4O4S. The van der Waals surface area contributed by atoms with Gasteiger partial charge < -0.3 is 14.4 Å². The van der Waals surface area contributed by atoms with E-state index in [0.29, 0.717) is 19.0 Å². The first-order valence-electron chi connectivity index (χ1n) is 9.95. The van der Waals surface area contributed by atoms with E-state index in [1.54, 1.807) is 41.8 Å². The summed E-state index contributed by atoms with van der Waals surface area (Å²) in [6, 6.07) is 12.6. The third-order valence-electron chi connectivity index (χ3n) is 4.74. The third-order valence-corrected chi connectivity index (χ3v) is 5.64. The van der Waals surface area contributed by atoms with Crippen molar-refractivity contribution in [3.05, 3.63) is 76.5 Å². The number of hydrogen-bond donors (Lipinski definition) is 2. The Kier molecular flexibility index (Phi) is 6.93. The van der Waals surface area contributed by atoms with Crippen molar-refractivity contribution in [1.29, 1.82) is 0 Å². The summed E-state index contributed by atoms with van der Waals surface area (Å²) in [5.41, 5.74) is 6.01. The number of aromatic nitrogens is 1.